The largest absolute Gasteiger partial charge is 0.474 e. The van der Waals surface area contributed by atoms with Crippen LogP contribution in [-0.2, 0) is 22.9 Å². The van der Waals surface area contributed by atoms with Gasteiger partial charge < -0.3 is 14.5 Å². The van der Waals surface area contributed by atoms with E-state index in [1.54, 1.807) is 12.3 Å². The van der Waals surface area contributed by atoms with Crippen molar-refractivity contribution < 1.29 is 22.6 Å². The Kier molecular flexibility index (Phi) is 8.42. The minimum absolute atomic E-state index is 0.0574. The molecule has 0 bridgehead atoms. The zero-order valence-electron chi connectivity index (χ0n) is 25.5. The van der Waals surface area contributed by atoms with E-state index in [1.165, 1.54) is 6.33 Å². The Bertz CT molecular complexity index is 1690. The summed E-state index contributed by atoms with van der Waals surface area (Å²) >= 11 is 0. The van der Waals surface area contributed by atoms with Crippen molar-refractivity contribution in [2.24, 2.45) is 5.92 Å². The number of rotatable bonds is 9. The van der Waals surface area contributed by atoms with E-state index in [2.05, 4.69) is 36.0 Å². The van der Waals surface area contributed by atoms with E-state index < -0.39 is 17.4 Å². The van der Waals surface area contributed by atoms with Crippen LogP contribution < -0.4 is 4.74 Å². The first-order chi connectivity index (χ1) is 22.3. The third-order valence-electron chi connectivity index (χ3n) is 9.95. The average molecular weight is 635 g/mol. The standard InChI is InChI=1S/C33H37F3N8O2/c34-33(35,36)28-15-23(2-1-22-6-13-45-14-7-22)16-29(42-28)46-26-4-11-43(12-5-26)25-17-32(18-25,8-9-37)44-20-24(19-41-44)30-27-3-10-38-31(27)40-21-39-30/h3,10,15-16,19-22,25-26H,1-2,4-8,11-14,17-18H2,(H,38,39,40). The Balaban J connectivity index is 0.967. The number of hydrogen-bond donors (Lipinski definition) is 1. The van der Waals surface area contributed by atoms with Crippen LogP contribution in [-0.4, -0.2) is 73.1 Å². The van der Waals surface area contributed by atoms with Gasteiger partial charge >= 0.3 is 6.18 Å². The van der Waals surface area contributed by atoms with Gasteiger partial charge in [0.25, 0.3) is 0 Å². The van der Waals surface area contributed by atoms with Crippen LogP contribution in [0.3, 0.4) is 0 Å². The maximum Gasteiger partial charge on any atom is 0.433 e. The van der Waals surface area contributed by atoms with Gasteiger partial charge in [0.05, 0.1) is 29.9 Å². The van der Waals surface area contributed by atoms with Gasteiger partial charge in [-0.2, -0.15) is 23.5 Å². The quantitative estimate of drug-likeness (QED) is 0.242. The summed E-state index contributed by atoms with van der Waals surface area (Å²) in [4.78, 5) is 18.1. The zero-order valence-corrected chi connectivity index (χ0v) is 25.5. The van der Waals surface area contributed by atoms with Crippen LogP contribution in [0.25, 0.3) is 22.3 Å². The van der Waals surface area contributed by atoms with E-state index >= 15 is 0 Å². The van der Waals surface area contributed by atoms with E-state index in [0.29, 0.717) is 56.4 Å². The highest BCUT2D eigenvalue weighted by atomic mass is 19.4. The third kappa shape index (κ3) is 6.33. The lowest BCUT2D eigenvalue weighted by molar-refractivity contribution is -0.141. The Labute approximate surface area is 264 Å². The number of piperidine rings is 1. The van der Waals surface area contributed by atoms with Gasteiger partial charge in [0, 0.05) is 61.8 Å². The summed E-state index contributed by atoms with van der Waals surface area (Å²) in [6.45, 7) is 2.97. The van der Waals surface area contributed by atoms with E-state index in [1.807, 2.05) is 23.1 Å². The van der Waals surface area contributed by atoms with Crippen molar-refractivity contribution in [1.29, 1.82) is 5.26 Å². The highest BCUT2D eigenvalue weighted by molar-refractivity contribution is 5.90. The van der Waals surface area contributed by atoms with Crippen LogP contribution in [0.2, 0.25) is 0 Å². The molecule has 4 aromatic heterocycles. The lowest BCUT2D eigenvalue weighted by Crippen LogP contribution is -2.58. The SMILES string of the molecule is N#CCC1(n2cc(-c3ncnc4[nH]ccc34)cn2)CC(N2CCC(Oc3cc(CCC4CCOCC4)cc(C(F)(F)F)n3)CC2)C1. The van der Waals surface area contributed by atoms with Crippen LogP contribution in [0.15, 0.2) is 43.1 Å². The molecule has 4 aromatic rings. The van der Waals surface area contributed by atoms with Crippen LogP contribution in [0.1, 0.15) is 62.6 Å². The van der Waals surface area contributed by atoms with Gasteiger partial charge in [-0.15, -0.1) is 0 Å². The number of nitriles is 1. The minimum Gasteiger partial charge on any atom is -0.474 e. The second-order valence-corrected chi connectivity index (χ2v) is 12.9. The number of halogens is 3. The Hall–Kier alpha value is -4.02. The van der Waals surface area contributed by atoms with Crippen LogP contribution in [0.5, 0.6) is 5.88 Å². The topological polar surface area (TPSA) is 118 Å². The average Bonchev–Trinajstić information content (AvgIpc) is 3.73. The molecule has 1 aliphatic carbocycles. The molecule has 2 aliphatic heterocycles. The summed E-state index contributed by atoms with van der Waals surface area (Å²) < 4.78 is 54.6. The predicted octanol–water partition coefficient (Wildman–Crippen LogP) is 5.91. The summed E-state index contributed by atoms with van der Waals surface area (Å²) in [5.74, 6) is 0.523. The molecule has 0 amide bonds. The number of fused-ring (bicyclic) bond motifs is 1. The molecule has 6 heterocycles. The molecule has 3 fully saturated rings. The lowest BCUT2D eigenvalue weighted by Gasteiger charge is -2.52. The van der Waals surface area contributed by atoms with Crippen molar-refractivity contribution >= 4 is 11.0 Å². The zero-order chi connectivity index (χ0) is 31.7. The molecule has 3 aliphatic rings. The number of ether oxygens (including phenoxy) is 2. The molecule has 0 unspecified atom stereocenters. The fraction of sp³-hybridized carbons (Fsp3) is 0.545. The van der Waals surface area contributed by atoms with Crippen molar-refractivity contribution in [3.8, 4) is 23.2 Å². The second kappa shape index (κ2) is 12.6. The summed E-state index contributed by atoms with van der Waals surface area (Å²) in [5.41, 5.74) is 1.76. The molecule has 0 aromatic carbocycles. The van der Waals surface area contributed by atoms with Gasteiger partial charge in [-0.1, -0.05) is 0 Å². The first kappa shape index (κ1) is 30.6. The molecular formula is C33H37F3N8O2. The summed E-state index contributed by atoms with van der Waals surface area (Å²) in [6, 6.07) is 7.45. The van der Waals surface area contributed by atoms with Crippen molar-refractivity contribution in [3.05, 3.63) is 54.4 Å². The van der Waals surface area contributed by atoms with Gasteiger partial charge in [0.2, 0.25) is 5.88 Å². The number of nitrogens with one attached hydrogen (secondary N) is 1. The van der Waals surface area contributed by atoms with Crippen LogP contribution in [0, 0.1) is 17.2 Å². The highest BCUT2D eigenvalue weighted by Gasteiger charge is 2.49. The fourth-order valence-corrected chi connectivity index (χ4v) is 7.29. The third-order valence-corrected chi connectivity index (χ3v) is 9.95. The molecule has 0 atom stereocenters. The molecular weight excluding hydrogens is 597 g/mol. The van der Waals surface area contributed by atoms with Crippen LogP contribution >= 0.6 is 0 Å². The monoisotopic (exact) mass is 634 g/mol. The molecule has 1 saturated carbocycles. The lowest BCUT2D eigenvalue weighted by atomic mass is 9.69. The summed E-state index contributed by atoms with van der Waals surface area (Å²) in [5, 5.41) is 15.3. The summed E-state index contributed by atoms with van der Waals surface area (Å²) in [7, 11) is 0. The number of likely N-dealkylation sites (tertiary alicyclic amines) is 1. The number of aromatic amines is 1. The number of alkyl halides is 3. The smallest absolute Gasteiger partial charge is 0.433 e. The molecule has 0 radical (unpaired) electrons. The van der Waals surface area contributed by atoms with Gasteiger partial charge in [0.15, 0.2) is 0 Å². The highest BCUT2D eigenvalue weighted by Crippen LogP contribution is 2.46. The number of aromatic nitrogens is 6. The van der Waals surface area contributed by atoms with E-state index in [4.69, 9.17) is 9.47 Å². The Morgan fingerprint density at radius 3 is 2.67 bits per heavy atom. The van der Waals surface area contributed by atoms with Gasteiger partial charge in [-0.25, -0.2) is 15.0 Å². The van der Waals surface area contributed by atoms with Gasteiger partial charge in [0.1, 0.15) is 23.8 Å². The molecule has 242 valence electrons. The summed E-state index contributed by atoms with van der Waals surface area (Å²) in [6.07, 6.45) is 9.01. The molecule has 7 rings (SSSR count). The second-order valence-electron chi connectivity index (χ2n) is 12.9. The van der Waals surface area contributed by atoms with Crippen molar-refractivity contribution in [3.63, 3.8) is 0 Å². The number of pyridine rings is 1. The normalized spacial score (nSPS) is 23.3. The first-order valence-corrected chi connectivity index (χ1v) is 16.1. The maximum atomic E-state index is 13.7. The molecule has 13 heteroatoms. The van der Waals surface area contributed by atoms with Crippen molar-refractivity contribution in [2.75, 3.05) is 26.3 Å². The minimum atomic E-state index is -4.53. The molecule has 1 N–H and O–H groups in total. The number of H-pyrrole nitrogens is 1. The predicted molar refractivity (Wildman–Crippen MR) is 163 cm³/mol. The fourth-order valence-electron chi connectivity index (χ4n) is 7.29. The Morgan fingerprint density at radius 1 is 1.11 bits per heavy atom. The molecule has 0 spiro atoms. The van der Waals surface area contributed by atoms with Gasteiger partial charge in [-0.05, 0) is 75.0 Å². The molecule has 10 nitrogen and oxygen atoms in total. The van der Waals surface area contributed by atoms with Crippen molar-refractivity contribution in [1.82, 2.24) is 34.6 Å². The molecule has 2 saturated heterocycles. The molecule has 46 heavy (non-hydrogen) atoms. The maximum absolute atomic E-state index is 13.7. The van der Waals surface area contributed by atoms with E-state index in [-0.39, 0.29) is 12.0 Å². The number of hydrogen-bond acceptors (Lipinski definition) is 8. The van der Waals surface area contributed by atoms with E-state index in [9.17, 15) is 18.4 Å². The number of nitrogens with zero attached hydrogens (tertiary/aromatic N) is 7. The van der Waals surface area contributed by atoms with Gasteiger partial charge in [-0.3, -0.25) is 9.58 Å². The van der Waals surface area contributed by atoms with E-state index in [0.717, 1.165) is 73.6 Å². The first-order valence-electron chi connectivity index (χ1n) is 16.1. The van der Waals surface area contributed by atoms with Crippen molar-refractivity contribution in [2.45, 2.75) is 81.6 Å². The Morgan fingerprint density at radius 2 is 1.91 bits per heavy atom. The van der Waals surface area contributed by atoms with Crippen LogP contribution in [0.4, 0.5) is 13.2 Å². The number of aryl methyl sites for hydroxylation is 1.